The molecule has 0 radical (unpaired) electrons. The van der Waals surface area contributed by atoms with E-state index in [-0.39, 0.29) is 5.56 Å². The van der Waals surface area contributed by atoms with E-state index in [2.05, 4.69) is 17.2 Å². The summed E-state index contributed by atoms with van der Waals surface area (Å²) in [6, 6.07) is 2.42. The summed E-state index contributed by atoms with van der Waals surface area (Å²) < 4.78 is 27.3. The first kappa shape index (κ1) is 14.1. The Morgan fingerprint density at radius 3 is 2.79 bits per heavy atom. The third kappa shape index (κ3) is 3.36. The maximum atomic E-state index is 13.8. The molecule has 0 bridgehead atoms. The zero-order chi connectivity index (χ0) is 13.8. The third-order valence-electron chi connectivity index (χ3n) is 2.78. The van der Waals surface area contributed by atoms with Gasteiger partial charge in [0.2, 0.25) is 0 Å². The van der Waals surface area contributed by atoms with Gasteiger partial charge in [0, 0.05) is 17.5 Å². The molecule has 1 N–H and O–H groups in total. The van der Waals surface area contributed by atoms with E-state index < -0.39 is 11.6 Å². The van der Waals surface area contributed by atoms with Gasteiger partial charge >= 0.3 is 0 Å². The first-order chi connectivity index (χ1) is 9.11. The van der Waals surface area contributed by atoms with Gasteiger partial charge in [-0.15, -0.1) is 11.3 Å². The first-order valence-electron chi connectivity index (χ1n) is 6.23. The molecule has 2 aromatic rings. The van der Waals surface area contributed by atoms with Gasteiger partial charge < -0.3 is 5.32 Å². The number of thiazole rings is 1. The van der Waals surface area contributed by atoms with Crippen LogP contribution in [0.1, 0.15) is 23.9 Å². The van der Waals surface area contributed by atoms with Gasteiger partial charge in [0.25, 0.3) is 0 Å². The molecular formula is C14H16F2N2S. The largest absolute Gasteiger partial charge is 0.310 e. The van der Waals surface area contributed by atoms with Crippen LogP contribution in [0.5, 0.6) is 0 Å². The highest BCUT2D eigenvalue weighted by Gasteiger charge is 2.12. The molecule has 0 unspecified atom stereocenters. The highest BCUT2D eigenvalue weighted by atomic mass is 32.1. The average Bonchev–Trinajstić information content (AvgIpc) is 2.83. The smallest absolute Gasteiger partial charge is 0.133 e. The number of hydrogen-bond donors (Lipinski definition) is 1. The molecule has 0 atom stereocenters. The van der Waals surface area contributed by atoms with Crippen LogP contribution in [0.15, 0.2) is 17.5 Å². The summed E-state index contributed by atoms with van der Waals surface area (Å²) in [5.41, 5.74) is 1.03. The predicted octanol–water partition coefficient (Wildman–Crippen LogP) is 3.90. The lowest BCUT2D eigenvalue weighted by atomic mass is 10.1. The first-order valence-corrected chi connectivity index (χ1v) is 7.11. The predicted molar refractivity (Wildman–Crippen MR) is 74.2 cm³/mol. The number of benzene rings is 1. The Kier molecular flexibility index (Phi) is 4.61. The Hall–Kier alpha value is -1.33. The van der Waals surface area contributed by atoms with Gasteiger partial charge in [-0.1, -0.05) is 6.92 Å². The number of hydrogen-bond acceptors (Lipinski definition) is 3. The zero-order valence-corrected chi connectivity index (χ0v) is 11.8. The summed E-state index contributed by atoms with van der Waals surface area (Å²) >= 11 is 1.45. The molecule has 2 rings (SSSR count). The maximum Gasteiger partial charge on any atom is 0.133 e. The average molecular weight is 282 g/mol. The SMILES string of the molecule is CCCNCc1nc(-c2cc(F)c(C)cc2F)cs1. The molecule has 0 saturated heterocycles. The summed E-state index contributed by atoms with van der Waals surface area (Å²) in [6.07, 6.45) is 1.05. The topological polar surface area (TPSA) is 24.9 Å². The van der Waals surface area contributed by atoms with Crippen LogP contribution in [0, 0.1) is 18.6 Å². The number of nitrogens with zero attached hydrogens (tertiary/aromatic N) is 1. The van der Waals surface area contributed by atoms with E-state index in [1.54, 1.807) is 12.3 Å². The minimum absolute atomic E-state index is 0.223. The Balaban J connectivity index is 2.20. The fourth-order valence-corrected chi connectivity index (χ4v) is 2.49. The van der Waals surface area contributed by atoms with Crippen molar-refractivity contribution < 1.29 is 8.78 Å². The molecule has 0 saturated carbocycles. The van der Waals surface area contributed by atoms with Gasteiger partial charge in [0.1, 0.15) is 16.6 Å². The molecule has 1 aromatic carbocycles. The molecule has 5 heteroatoms. The molecule has 0 spiro atoms. The number of nitrogens with one attached hydrogen (secondary N) is 1. The van der Waals surface area contributed by atoms with Crippen LogP contribution in [0.25, 0.3) is 11.3 Å². The summed E-state index contributed by atoms with van der Waals surface area (Å²) in [5, 5.41) is 5.87. The molecule has 2 nitrogen and oxygen atoms in total. The fraction of sp³-hybridized carbons (Fsp3) is 0.357. The van der Waals surface area contributed by atoms with Crippen molar-refractivity contribution in [3.05, 3.63) is 39.7 Å². The van der Waals surface area contributed by atoms with Crippen LogP contribution >= 0.6 is 11.3 Å². The molecule has 1 heterocycles. The second-order valence-electron chi connectivity index (χ2n) is 4.38. The quantitative estimate of drug-likeness (QED) is 0.841. The van der Waals surface area contributed by atoms with Gasteiger partial charge in [0.05, 0.1) is 5.69 Å². The number of rotatable bonds is 5. The number of aryl methyl sites for hydroxylation is 1. The van der Waals surface area contributed by atoms with Crippen LogP contribution in [0.4, 0.5) is 8.78 Å². The van der Waals surface area contributed by atoms with Crippen molar-refractivity contribution in [2.24, 2.45) is 0 Å². The number of halogens is 2. The molecule has 0 aliphatic heterocycles. The van der Waals surface area contributed by atoms with Crippen molar-refractivity contribution in [3.8, 4) is 11.3 Å². The molecular weight excluding hydrogens is 266 g/mol. The molecule has 0 fully saturated rings. The van der Waals surface area contributed by atoms with Crippen molar-refractivity contribution in [1.29, 1.82) is 0 Å². The van der Waals surface area contributed by atoms with E-state index in [0.717, 1.165) is 18.0 Å². The fourth-order valence-electron chi connectivity index (χ4n) is 1.73. The summed E-state index contributed by atoms with van der Waals surface area (Å²) in [5.74, 6) is -0.840. The Morgan fingerprint density at radius 2 is 2.05 bits per heavy atom. The zero-order valence-electron chi connectivity index (χ0n) is 11.0. The van der Waals surface area contributed by atoms with Crippen molar-refractivity contribution in [2.75, 3.05) is 6.54 Å². The van der Waals surface area contributed by atoms with Gasteiger partial charge in [-0.2, -0.15) is 0 Å². The van der Waals surface area contributed by atoms with Crippen LogP contribution in [0.2, 0.25) is 0 Å². The lowest BCUT2D eigenvalue weighted by Crippen LogP contribution is -2.13. The Bertz CT molecular complexity index is 567. The second-order valence-corrected chi connectivity index (χ2v) is 5.33. The van der Waals surface area contributed by atoms with Crippen LogP contribution in [-0.2, 0) is 6.54 Å². The molecule has 102 valence electrons. The minimum atomic E-state index is -0.433. The highest BCUT2D eigenvalue weighted by Crippen LogP contribution is 2.26. The van der Waals surface area contributed by atoms with Crippen molar-refractivity contribution in [1.82, 2.24) is 10.3 Å². The minimum Gasteiger partial charge on any atom is -0.310 e. The standard InChI is InChI=1S/C14H16F2N2S/c1-3-4-17-7-14-18-13(8-19-14)10-6-11(15)9(2)5-12(10)16/h5-6,8,17H,3-4,7H2,1-2H3. The van der Waals surface area contributed by atoms with Crippen LogP contribution in [0.3, 0.4) is 0 Å². The lowest BCUT2D eigenvalue weighted by molar-refractivity contribution is 0.594. The third-order valence-corrected chi connectivity index (χ3v) is 3.63. The van der Waals surface area contributed by atoms with Gasteiger partial charge in [-0.05, 0) is 37.6 Å². The van der Waals surface area contributed by atoms with E-state index in [4.69, 9.17) is 0 Å². The molecule has 0 aliphatic rings. The Morgan fingerprint density at radius 1 is 1.26 bits per heavy atom. The highest BCUT2D eigenvalue weighted by molar-refractivity contribution is 7.09. The summed E-state index contributed by atoms with van der Waals surface area (Å²) in [7, 11) is 0. The van der Waals surface area contributed by atoms with Crippen molar-refractivity contribution in [2.45, 2.75) is 26.8 Å². The summed E-state index contributed by atoms with van der Waals surface area (Å²) in [6.45, 7) is 5.21. The molecule has 19 heavy (non-hydrogen) atoms. The lowest BCUT2D eigenvalue weighted by Gasteiger charge is -2.03. The molecule has 0 aliphatic carbocycles. The van der Waals surface area contributed by atoms with E-state index in [0.29, 0.717) is 17.8 Å². The summed E-state index contributed by atoms with van der Waals surface area (Å²) in [4.78, 5) is 4.33. The van der Waals surface area contributed by atoms with E-state index in [1.165, 1.54) is 23.5 Å². The normalized spacial score (nSPS) is 10.9. The van der Waals surface area contributed by atoms with Crippen LogP contribution < -0.4 is 5.32 Å². The maximum absolute atomic E-state index is 13.8. The molecule has 1 aromatic heterocycles. The van der Waals surface area contributed by atoms with E-state index in [1.807, 2.05) is 0 Å². The van der Waals surface area contributed by atoms with Gasteiger partial charge in [0.15, 0.2) is 0 Å². The number of aromatic nitrogens is 1. The van der Waals surface area contributed by atoms with Gasteiger partial charge in [-0.25, -0.2) is 13.8 Å². The van der Waals surface area contributed by atoms with E-state index in [9.17, 15) is 8.78 Å². The monoisotopic (exact) mass is 282 g/mol. The van der Waals surface area contributed by atoms with Crippen molar-refractivity contribution in [3.63, 3.8) is 0 Å². The molecule has 0 amide bonds. The van der Waals surface area contributed by atoms with Gasteiger partial charge in [-0.3, -0.25) is 0 Å². The van der Waals surface area contributed by atoms with Crippen LogP contribution in [-0.4, -0.2) is 11.5 Å². The van der Waals surface area contributed by atoms with E-state index >= 15 is 0 Å². The second kappa shape index (κ2) is 6.21. The Labute approximate surface area is 115 Å². The van der Waals surface area contributed by atoms with Crippen molar-refractivity contribution >= 4 is 11.3 Å².